The first kappa shape index (κ1) is 17.1. The monoisotopic (exact) mass is 346 g/mol. The maximum absolute atomic E-state index is 14.1. The Kier molecular flexibility index (Phi) is 6.10. The van der Waals surface area contributed by atoms with Crippen molar-refractivity contribution >= 4 is 21.9 Å². The number of methoxy groups -OCH3 is 1. The van der Waals surface area contributed by atoms with Gasteiger partial charge in [-0.3, -0.25) is 5.32 Å². The predicted octanol–water partition coefficient (Wildman–Crippen LogP) is 2.13. The molecule has 1 rings (SSSR count). The van der Waals surface area contributed by atoms with Crippen LogP contribution in [-0.2, 0) is 15.1 Å². The quantitative estimate of drug-likeness (QED) is 0.801. The Labute approximate surface area is 127 Å². The number of nitrogens with zero attached hydrogens (tertiary/aromatic N) is 1. The number of likely N-dealkylation sites (N-methyl/N-ethyl adjacent to an activating group) is 1. The molecule has 20 heavy (non-hydrogen) atoms. The lowest BCUT2D eigenvalue weighted by atomic mass is 9.91. The zero-order valence-corrected chi connectivity index (χ0v) is 13.8. The lowest BCUT2D eigenvalue weighted by molar-refractivity contribution is -0.148. The first-order chi connectivity index (χ1) is 9.31. The number of hydrogen-bond acceptors (Lipinski definition) is 4. The number of ether oxygens (including phenoxy) is 1. The van der Waals surface area contributed by atoms with Gasteiger partial charge in [-0.2, -0.15) is 0 Å². The summed E-state index contributed by atoms with van der Waals surface area (Å²) in [5.74, 6) is -0.970. The van der Waals surface area contributed by atoms with Crippen molar-refractivity contribution in [3.05, 3.63) is 34.1 Å². The predicted molar refractivity (Wildman–Crippen MR) is 80.0 cm³/mol. The molecule has 0 spiro atoms. The van der Waals surface area contributed by atoms with Crippen molar-refractivity contribution in [2.75, 3.05) is 34.3 Å². The van der Waals surface area contributed by atoms with E-state index < -0.39 is 17.3 Å². The second-order valence-electron chi connectivity index (χ2n) is 4.97. The number of rotatable bonds is 6. The van der Waals surface area contributed by atoms with E-state index in [2.05, 4.69) is 21.2 Å². The van der Waals surface area contributed by atoms with Gasteiger partial charge in [0.1, 0.15) is 11.4 Å². The number of benzene rings is 1. The molecule has 112 valence electrons. The molecule has 0 amide bonds. The Morgan fingerprint density at radius 3 is 2.65 bits per heavy atom. The van der Waals surface area contributed by atoms with Crippen LogP contribution in [0.5, 0.6) is 0 Å². The van der Waals surface area contributed by atoms with Gasteiger partial charge in [0.15, 0.2) is 0 Å². The van der Waals surface area contributed by atoms with Crippen LogP contribution in [0.15, 0.2) is 22.7 Å². The van der Waals surface area contributed by atoms with Crippen molar-refractivity contribution in [1.29, 1.82) is 0 Å². The number of carbonyl (C=O) groups is 1. The van der Waals surface area contributed by atoms with E-state index in [0.717, 1.165) is 6.54 Å². The molecule has 0 fully saturated rings. The fourth-order valence-corrected chi connectivity index (χ4v) is 2.24. The van der Waals surface area contributed by atoms with Gasteiger partial charge >= 0.3 is 5.97 Å². The highest BCUT2D eigenvalue weighted by Crippen LogP contribution is 2.27. The van der Waals surface area contributed by atoms with Gasteiger partial charge in [0, 0.05) is 23.1 Å². The average Bonchev–Trinajstić information content (AvgIpc) is 2.36. The van der Waals surface area contributed by atoms with Gasteiger partial charge in [-0.1, -0.05) is 22.0 Å². The molecule has 0 aromatic heterocycles. The molecule has 6 heteroatoms. The number of esters is 1. The summed E-state index contributed by atoms with van der Waals surface area (Å²) in [7, 11) is 5.15. The van der Waals surface area contributed by atoms with Crippen LogP contribution in [0.2, 0.25) is 0 Å². The summed E-state index contributed by atoms with van der Waals surface area (Å²) in [5.41, 5.74) is -0.943. The molecule has 0 radical (unpaired) electrons. The van der Waals surface area contributed by atoms with Gasteiger partial charge in [0.25, 0.3) is 0 Å². The SMILES string of the molecule is COC(=O)C(C)(NCCN(C)C)c1ccc(Br)cc1F. The molecular weight excluding hydrogens is 327 g/mol. The van der Waals surface area contributed by atoms with E-state index in [0.29, 0.717) is 11.0 Å². The molecule has 1 N–H and O–H groups in total. The molecule has 0 aliphatic heterocycles. The second-order valence-corrected chi connectivity index (χ2v) is 5.89. The fourth-order valence-electron chi connectivity index (χ4n) is 1.91. The summed E-state index contributed by atoms with van der Waals surface area (Å²) in [4.78, 5) is 14.0. The molecule has 1 atom stereocenters. The minimum atomic E-state index is -1.21. The molecule has 0 heterocycles. The molecule has 1 aromatic carbocycles. The molecule has 1 aromatic rings. The van der Waals surface area contributed by atoms with Gasteiger partial charge in [0.2, 0.25) is 0 Å². The molecular formula is C14H20BrFN2O2. The van der Waals surface area contributed by atoms with E-state index >= 15 is 0 Å². The zero-order chi connectivity index (χ0) is 15.3. The number of carbonyl (C=O) groups excluding carboxylic acids is 1. The van der Waals surface area contributed by atoms with Gasteiger partial charge in [-0.05, 0) is 33.2 Å². The summed E-state index contributed by atoms with van der Waals surface area (Å²) < 4.78 is 19.6. The summed E-state index contributed by atoms with van der Waals surface area (Å²) in [6.07, 6.45) is 0. The van der Waals surface area contributed by atoms with Crippen LogP contribution < -0.4 is 5.32 Å². The smallest absolute Gasteiger partial charge is 0.330 e. The molecule has 0 saturated heterocycles. The largest absolute Gasteiger partial charge is 0.467 e. The van der Waals surface area contributed by atoms with Crippen LogP contribution in [0.3, 0.4) is 0 Å². The normalized spacial score (nSPS) is 14.2. The van der Waals surface area contributed by atoms with E-state index in [1.54, 1.807) is 19.1 Å². The van der Waals surface area contributed by atoms with Gasteiger partial charge in [0.05, 0.1) is 7.11 Å². The summed E-state index contributed by atoms with van der Waals surface area (Å²) in [5, 5.41) is 3.08. The maximum Gasteiger partial charge on any atom is 0.330 e. The molecule has 0 aliphatic carbocycles. The molecule has 0 saturated carbocycles. The first-order valence-corrected chi connectivity index (χ1v) is 7.04. The Morgan fingerprint density at radius 1 is 1.50 bits per heavy atom. The number of halogens is 2. The van der Waals surface area contributed by atoms with Crippen molar-refractivity contribution in [2.45, 2.75) is 12.5 Å². The lowest BCUT2D eigenvalue weighted by Gasteiger charge is -2.29. The molecule has 4 nitrogen and oxygen atoms in total. The summed E-state index contributed by atoms with van der Waals surface area (Å²) in [6, 6.07) is 4.62. The number of nitrogens with one attached hydrogen (secondary N) is 1. The maximum atomic E-state index is 14.1. The van der Waals surface area contributed by atoms with Crippen LogP contribution in [0.1, 0.15) is 12.5 Å². The highest BCUT2D eigenvalue weighted by molar-refractivity contribution is 9.10. The number of hydrogen-bond donors (Lipinski definition) is 1. The third-order valence-electron chi connectivity index (χ3n) is 3.10. The first-order valence-electron chi connectivity index (χ1n) is 6.25. The summed E-state index contributed by atoms with van der Waals surface area (Å²) in [6.45, 7) is 2.89. The van der Waals surface area contributed by atoms with Crippen molar-refractivity contribution in [2.24, 2.45) is 0 Å². The second kappa shape index (κ2) is 7.15. The molecule has 1 unspecified atom stereocenters. The van der Waals surface area contributed by atoms with E-state index in [1.807, 2.05) is 19.0 Å². The van der Waals surface area contributed by atoms with Crippen molar-refractivity contribution in [1.82, 2.24) is 10.2 Å². The minimum absolute atomic E-state index is 0.270. The average molecular weight is 347 g/mol. The van der Waals surface area contributed by atoms with E-state index in [4.69, 9.17) is 4.74 Å². The topological polar surface area (TPSA) is 41.6 Å². The Bertz CT molecular complexity index is 482. The Hall–Kier alpha value is -0.980. The highest BCUT2D eigenvalue weighted by Gasteiger charge is 2.38. The van der Waals surface area contributed by atoms with Crippen molar-refractivity contribution in [3.8, 4) is 0 Å². The van der Waals surface area contributed by atoms with Crippen LogP contribution in [0, 0.1) is 5.82 Å². The van der Waals surface area contributed by atoms with Gasteiger partial charge in [-0.25, -0.2) is 9.18 Å². The minimum Gasteiger partial charge on any atom is -0.467 e. The van der Waals surface area contributed by atoms with Gasteiger partial charge < -0.3 is 9.64 Å². The molecule has 0 aliphatic rings. The van der Waals surface area contributed by atoms with E-state index in [-0.39, 0.29) is 5.56 Å². The van der Waals surface area contributed by atoms with E-state index in [1.165, 1.54) is 13.2 Å². The van der Waals surface area contributed by atoms with Crippen molar-refractivity contribution < 1.29 is 13.9 Å². The van der Waals surface area contributed by atoms with Crippen LogP contribution in [0.4, 0.5) is 4.39 Å². The standard InChI is InChI=1S/C14H20BrFN2O2/c1-14(13(19)20-4,17-7-8-18(2)3)11-6-5-10(15)9-12(11)16/h5-6,9,17H,7-8H2,1-4H3. The zero-order valence-electron chi connectivity index (χ0n) is 12.2. The Balaban J connectivity index is 3.07. The molecule has 0 bridgehead atoms. The third-order valence-corrected chi connectivity index (χ3v) is 3.59. The van der Waals surface area contributed by atoms with Crippen molar-refractivity contribution in [3.63, 3.8) is 0 Å². The lowest BCUT2D eigenvalue weighted by Crippen LogP contribution is -2.49. The highest BCUT2D eigenvalue weighted by atomic mass is 79.9. The van der Waals surface area contributed by atoms with Gasteiger partial charge in [-0.15, -0.1) is 0 Å². The van der Waals surface area contributed by atoms with Crippen LogP contribution in [0.25, 0.3) is 0 Å². The third kappa shape index (κ3) is 4.01. The summed E-state index contributed by atoms with van der Waals surface area (Å²) >= 11 is 3.21. The van der Waals surface area contributed by atoms with Crippen LogP contribution in [-0.4, -0.2) is 45.2 Å². The Morgan fingerprint density at radius 2 is 2.15 bits per heavy atom. The fraction of sp³-hybridized carbons (Fsp3) is 0.500. The van der Waals surface area contributed by atoms with Crippen LogP contribution >= 0.6 is 15.9 Å². The van der Waals surface area contributed by atoms with E-state index in [9.17, 15) is 9.18 Å².